The monoisotopic (exact) mass is 370 g/mol. The molecule has 27 heavy (non-hydrogen) atoms. The third-order valence-electron chi connectivity index (χ3n) is 4.51. The van der Waals surface area contributed by atoms with Crippen LogP contribution in [0.15, 0.2) is 48.0 Å². The highest BCUT2D eigenvalue weighted by Gasteiger charge is 2.12. The molecule has 0 aliphatic heterocycles. The minimum atomic E-state index is 0.536. The van der Waals surface area contributed by atoms with E-state index in [4.69, 9.17) is 4.99 Å². The van der Waals surface area contributed by atoms with Crippen LogP contribution in [0, 0.1) is 0 Å². The topological polar surface area (TPSA) is 57.5 Å². The summed E-state index contributed by atoms with van der Waals surface area (Å²) in [5.41, 5.74) is 2.28. The molecular formula is C21H34N6. The van der Waals surface area contributed by atoms with Crippen molar-refractivity contribution in [3.63, 3.8) is 0 Å². The molecule has 148 valence electrons. The number of hydrogen-bond donors (Lipinski definition) is 2. The van der Waals surface area contributed by atoms with Gasteiger partial charge in [0.05, 0.1) is 18.6 Å². The van der Waals surface area contributed by atoms with E-state index in [0.29, 0.717) is 18.6 Å². The molecule has 0 aliphatic carbocycles. The van der Waals surface area contributed by atoms with Crippen molar-refractivity contribution in [3.8, 4) is 5.69 Å². The van der Waals surface area contributed by atoms with Crippen molar-refractivity contribution < 1.29 is 0 Å². The van der Waals surface area contributed by atoms with E-state index in [-0.39, 0.29) is 0 Å². The maximum atomic E-state index is 4.78. The second kappa shape index (κ2) is 10.7. The van der Waals surface area contributed by atoms with Crippen LogP contribution in [0.1, 0.15) is 40.2 Å². The Kier molecular flexibility index (Phi) is 8.33. The lowest BCUT2D eigenvalue weighted by molar-refractivity contribution is 0.178. The van der Waals surface area contributed by atoms with Gasteiger partial charge in [0.2, 0.25) is 0 Å². The molecule has 0 saturated heterocycles. The fraction of sp³-hybridized carbons (Fsp3) is 0.524. The van der Waals surface area contributed by atoms with E-state index in [2.05, 4.69) is 73.3 Å². The van der Waals surface area contributed by atoms with E-state index in [1.807, 2.05) is 23.2 Å². The number of para-hydroxylation sites is 1. The highest BCUT2D eigenvalue weighted by molar-refractivity contribution is 5.79. The second-order valence-electron chi connectivity index (χ2n) is 7.15. The van der Waals surface area contributed by atoms with E-state index >= 15 is 0 Å². The lowest BCUT2D eigenvalue weighted by Gasteiger charge is -2.30. The first kappa shape index (κ1) is 21.0. The molecule has 1 aromatic carbocycles. The summed E-state index contributed by atoms with van der Waals surface area (Å²) >= 11 is 0. The summed E-state index contributed by atoms with van der Waals surface area (Å²) in [6.07, 6.45) is 5.57. The molecule has 0 saturated carbocycles. The molecule has 2 aromatic rings. The van der Waals surface area contributed by atoms with Crippen LogP contribution in [0.25, 0.3) is 5.69 Å². The second-order valence-corrected chi connectivity index (χ2v) is 7.15. The maximum Gasteiger partial charge on any atom is 0.191 e. The first-order chi connectivity index (χ1) is 13.0. The lowest BCUT2D eigenvalue weighted by Crippen LogP contribution is -2.45. The highest BCUT2D eigenvalue weighted by atomic mass is 15.2. The number of rotatable bonds is 9. The van der Waals surface area contributed by atoms with Crippen LogP contribution < -0.4 is 10.6 Å². The fourth-order valence-electron chi connectivity index (χ4n) is 3.22. The van der Waals surface area contributed by atoms with Crippen LogP contribution in [0.3, 0.4) is 0 Å². The zero-order chi connectivity index (χ0) is 19.6. The smallest absolute Gasteiger partial charge is 0.191 e. The molecular weight excluding hydrogens is 336 g/mol. The molecule has 1 heterocycles. The molecule has 0 radical (unpaired) electrons. The van der Waals surface area contributed by atoms with Gasteiger partial charge in [-0.05, 0) is 46.2 Å². The first-order valence-corrected chi connectivity index (χ1v) is 9.87. The number of aromatic nitrogens is 2. The van der Waals surface area contributed by atoms with Crippen molar-refractivity contribution in [1.29, 1.82) is 0 Å². The van der Waals surface area contributed by atoms with Crippen LogP contribution >= 0.6 is 0 Å². The Morgan fingerprint density at radius 2 is 1.89 bits per heavy atom. The highest BCUT2D eigenvalue weighted by Crippen LogP contribution is 2.15. The van der Waals surface area contributed by atoms with Gasteiger partial charge < -0.3 is 15.2 Å². The molecule has 0 amide bonds. The molecule has 0 bridgehead atoms. The first-order valence-electron chi connectivity index (χ1n) is 9.87. The van der Waals surface area contributed by atoms with Crippen LogP contribution in [0.5, 0.6) is 0 Å². The van der Waals surface area contributed by atoms with E-state index in [9.17, 15) is 0 Å². The van der Waals surface area contributed by atoms with Gasteiger partial charge in [-0.1, -0.05) is 18.2 Å². The quantitative estimate of drug-likeness (QED) is 0.526. The van der Waals surface area contributed by atoms with Crippen LogP contribution in [0.2, 0.25) is 0 Å². The molecule has 0 atom stereocenters. The summed E-state index contributed by atoms with van der Waals surface area (Å²) in [5, 5.41) is 6.80. The van der Waals surface area contributed by atoms with E-state index < -0.39 is 0 Å². The largest absolute Gasteiger partial charge is 0.357 e. The van der Waals surface area contributed by atoms with Crippen molar-refractivity contribution in [1.82, 2.24) is 25.1 Å². The van der Waals surface area contributed by atoms with Gasteiger partial charge in [0.25, 0.3) is 0 Å². The molecule has 0 unspecified atom stereocenters. The third-order valence-corrected chi connectivity index (χ3v) is 4.51. The number of aliphatic imine (C=N–C) groups is 1. The minimum absolute atomic E-state index is 0.536. The average molecular weight is 371 g/mol. The summed E-state index contributed by atoms with van der Waals surface area (Å²) in [4.78, 5) is 11.4. The van der Waals surface area contributed by atoms with Crippen molar-refractivity contribution >= 4 is 5.96 Å². The van der Waals surface area contributed by atoms with Gasteiger partial charge in [-0.15, -0.1) is 0 Å². The van der Waals surface area contributed by atoms with E-state index in [1.54, 1.807) is 6.20 Å². The minimum Gasteiger partial charge on any atom is -0.357 e. The van der Waals surface area contributed by atoms with Crippen molar-refractivity contribution in [2.75, 3.05) is 19.6 Å². The summed E-state index contributed by atoms with van der Waals surface area (Å²) in [6.45, 7) is 14.4. The molecule has 6 heteroatoms. The normalized spacial score (nSPS) is 12.2. The zero-order valence-corrected chi connectivity index (χ0v) is 17.3. The van der Waals surface area contributed by atoms with E-state index in [1.165, 1.54) is 5.56 Å². The van der Waals surface area contributed by atoms with Gasteiger partial charge in [-0.25, -0.2) is 9.98 Å². The summed E-state index contributed by atoms with van der Waals surface area (Å²) in [7, 11) is 0. The summed E-state index contributed by atoms with van der Waals surface area (Å²) in [5.74, 6) is 0.852. The standard InChI is InChI=1S/C21H34N6/c1-6-23-21(24-12-14-27(17(2)3)18(4)5)25-15-19-9-7-8-10-20(19)26-13-11-22-16-26/h7-11,13,16-18H,6,12,14-15H2,1-5H3,(H2,23,24,25). The predicted octanol–water partition coefficient (Wildman–Crippen LogP) is 3.05. The zero-order valence-electron chi connectivity index (χ0n) is 17.3. The van der Waals surface area contributed by atoms with Gasteiger partial charge in [0.1, 0.15) is 0 Å². The van der Waals surface area contributed by atoms with Crippen LogP contribution in [-0.4, -0.2) is 52.1 Å². The van der Waals surface area contributed by atoms with Gasteiger partial charge in [-0.3, -0.25) is 4.90 Å². The predicted molar refractivity (Wildman–Crippen MR) is 113 cm³/mol. The number of benzene rings is 1. The Morgan fingerprint density at radius 3 is 2.52 bits per heavy atom. The van der Waals surface area contributed by atoms with Gasteiger partial charge >= 0.3 is 0 Å². The Labute approximate surface area is 163 Å². The molecule has 2 N–H and O–H groups in total. The fourth-order valence-corrected chi connectivity index (χ4v) is 3.22. The van der Waals surface area contributed by atoms with Crippen molar-refractivity contribution in [3.05, 3.63) is 48.5 Å². The number of hydrogen-bond acceptors (Lipinski definition) is 3. The van der Waals surface area contributed by atoms with Gasteiger partial charge in [0.15, 0.2) is 5.96 Å². The van der Waals surface area contributed by atoms with Crippen LogP contribution in [-0.2, 0) is 6.54 Å². The number of imidazole rings is 1. The molecule has 6 nitrogen and oxygen atoms in total. The maximum absolute atomic E-state index is 4.78. The van der Waals surface area contributed by atoms with Gasteiger partial charge in [0, 0.05) is 44.1 Å². The average Bonchev–Trinajstić information content (AvgIpc) is 3.17. The number of nitrogens with zero attached hydrogens (tertiary/aromatic N) is 4. The molecule has 2 rings (SSSR count). The molecule has 0 spiro atoms. The van der Waals surface area contributed by atoms with Gasteiger partial charge in [-0.2, -0.15) is 0 Å². The third kappa shape index (κ3) is 6.40. The molecule has 0 fully saturated rings. The van der Waals surface area contributed by atoms with Crippen LogP contribution in [0.4, 0.5) is 0 Å². The Balaban J connectivity index is 2.02. The number of nitrogens with one attached hydrogen (secondary N) is 2. The Hall–Kier alpha value is -2.34. The molecule has 0 aliphatic rings. The number of guanidine groups is 1. The molecule has 1 aromatic heterocycles. The lowest BCUT2D eigenvalue weighted by atomic mass is 10.2. The summed E-state index contributed by atoms with van der Waals surface area (Å²) in [6, 6.07) is 9.37. The Morgan fingerprint density at radius 1 is 1.15 bits per heavy atom. The van der Waals surface area contributed by atoms with E-state index in [0.717, 1.165) is 31.3 Å². The Bertz CT molecular complexity index is 682. The van der Waals surface area contributed by atoms with Crippen molar-refractivity contribution in [2.24, 2.45) is 4.99 Å². The SMILES string of the molecule is CCNC(=NCc1ccccc1-n1ccnc1)NCCN(C(C)C)C(C)C. The van der Waals surface area contributed by atoms with Crippen molar-refractivity contribution in [2.45, 2.75) is 53.2 Å². The summed E-state index contributed by atoms with van der Waals surface area (Å²) < 4.78 is 2.02.